The standard InChI is InChI=1S/C5H10N2OS/c6-5(8)7-4-1-2-9-3-4/h4H,1-3H2,(H3,6,7,8)/t4-/m1/s1. The third kappa shape index (κ3) is 2.13. The van der Waals surface area contributed by atoms with Crippen LogP contribution in [-0.4, -0.2) is 23.6 Å². The molecule has 1 heterocycles. The van der Waals surface area contributed by atoms with Crippen LogP contribution in [0.15, 0.2) is 0 Å². The fourth-order valence-corrected chi connectivity index (χ4v) is 2.00. The van der Waals surface area contributed by atoms with Crippen LogP contribution in [0.25, 0.3) is 0 Å². The summed E-state index contributed by atoms with van der Waals surface area (Å²) in [7, 11) is 0. The van der Waals surface area contributed by atoms with Crippen molar-refractivity contribution >= 4 is 17.8 Å². The van der Waals surface area contributed by atoms with Gasteiger partial charge in [-0.2, -0.15) is 11.8 Å². The summed E-state index contributed by atoms with van der Waals surface area (Å²) < 4.78 is 0. The molecule has 0 aromatic carbocycles. The lowest BCUT2D eigenvalue weighted by molar-refractivity contribution is 0.246. The van der Waals surface area contributed by atoms with Gasteiger partial charge in [-0.3, -0.25) is 0 Å². The number of carbonyl (C=O) groups excluding carboxylic acids is 1. The maximum atomic E-state index is 10.3. The molecule has 3 nitrogen and oxygen atoms in total. The topological polar surface area (TPSA) is 55.1 Å². The van der Waals surface area contributed by atoms with Crippen LogP contribution in [0.2, 0.25) is 0 Å². The summed E-state index contributed by atoms with van der Waals surface area (Å²) in [6.07, 6.45) is 1.06. The molecule has 1 saturated heterocycles. The van der Waals surface area contributed by atoms with Crippen molar-refractivity contribution in [3.63, 3.8) is 0 Å². The van der Waals surface area contributed by atoms with Gasteiger partial charge in [0.1, 0.15) is 0 Å². The SMILES string of the molecule is NC(=O)N[C@@H]1CCSC1. The van der Waals surface area contributed by atoms with Gasteiger partial charge >= 0.3 is 6.03 Å². The minimum Gasteiger partial charge on any atom is -0.352 e. The Morgan fingerprint density at radius 2 is 2.56 bits per heavy atom. The molecule has 1 aliphatic heterocycles. The molecule has 0 saturated carbocycles. The average molecular weight is 146 g/mol. The van der Waals surface area contributed by atoms with E-state index in [-0.39, 0.29) is 0 Å². The van der Waals surface area contributed by atoms with Gasteiger partial charge in [0.25, 0.3) is 0 Å². The summed E-state index contributed by atoms with van der Waals surface area (Å²) >= 11 is 1.85. The fourth-order valence-electron chi connectivity index (χ4n) is 0.850. The van der Waals surface area contributed by atoms with E-state index in [2.05, 4.69) is 5.32 Å². The second-order valence-electron chi connectivity index (χ2n) is 2.07. The molecule has 0 aromatic heterocycles. The van der Waals surface area contributed by atoms with Crippen molar-refractivity contribution in [2.45, 2.75) is 12.5 Å². The molecule has 0 unspecified atom stereocenters. The summed E-state index contributed by atoms with van der Waals surface area (Å²) in [5, 5.41) is 2.66. The van der Waals surface area contributed by atoms with E-state index in [0.29, 0.717) is 6.04 Å². The van der Waals surface area contributed by atoms with E-state index in [9.17, 15) is 4.79 Å². The van der Waals surface area contributed by atoms with E-state index in [1.807, 2.05) is 11.8 Å². The van der Waals surface area contributed by atoms with Crippen LogP contribution in [0.5, 0.6) is 0 Å². The number of nitrogens with one attached hydrogen (secondary N) is 1. The average Bonchev–Trinajstić information content (AvgIpc) is 2.15. The molecule has 3 N–H and O–H groups in total. The molecule has 1 atom stereocenters. The van der Waals surface area contributed by atoms with Gasteiger partial charge < -0.3 is 11.1 Å². The Kier molecular flexibility index (Phi) is 2.22. The number of urea groups is 1. The number of carbonyl (C=O) groups is 1. The molecule has 0 aromatic rings. The largest absolute Gasteiger partial charge is 0.352 e. The summed E-state index contributed by atoms with van der Waals surface area (Å²) in [5.74, 6) is 2.16. The lowest BCUT2D eigenvalue weighted by atomic mass is 10.3. The third-order valence-corrected chi connectivity index (χ3v) is 2.44. The fraction of sp³-hybridized carbons (Fsp3) is 0.800. The van der Waals surface area contributed by atoms with Crippen LogP contribution in [-0.2, 0) is 0 Å². The molecular formula is C5H10N2OS. The smallest absolute Gasteiger partial charge is 0.312 e. The van der Waals surface area contributed by atoms with Crippen LogP contribution < -0.4 is 11.1 Å². The van der Waals surface area contributed by atoms with Gasteiger partial charge in [-0.05, 0) is 12.2 Å². The molecule has 0 bridgehead atoms. The molecule has 0 aliphatic carbocycles. The number of hydrogen-bond acceptors (Lipinski definition) is 2. The summed E-state index contributed by atoms with van der Waals surface area (Å²) in [6.45, 7) is 0. The van der Waals surface area contributed by atoms with Gasteiger partial charge in [-0.15, -0.1) is 0 Å². The summed E-state index contributed by atoms with van der Waals surface area (Å²) in [6, 6.07) is -0.0741. The van der Waals surface area contributed by atoms with Gasteiger partial charge in [0.15, 0.2) is 0 Å². The first kappa shape index (κ1) is 6.74. The predicted molar refractivity (Wildman–Crippen MR) is 38.4 cm³/mol. The van der Waals surface area contributed by atoms with E-state index in [4.69, 9.17) is 5.73 Å². The van der Waals surface area contributed by atoms with Crippen molar-refractivity contribution in [3.8, 4) is 0 Å². The van der Waals surface area contributed by atoms with Crippen molar-refractivity contribution in [1.29, 1.82) is 0 Å². The zero-order valence-electron chi connectivity index (χ0n) is 5.09. The van der Waals surface area contributed by atoms with Gasteiger partial charge in [0, 0.05) is 11.8 Å². The summed E-state index contributed by atoms with van der Waals surface area (Å²) in [4.78, 5) is 10.3. The Balaban J connectivity index is 2.19. The zero-order chi connectivity index (χ0) is 6.69. The molecule has 0 spiro atoms. The highest BCUT2D eigenvalue weighted by Crippen LogP contribution is 2.16. The number of amides is 2. The first-order valence-electron chi connectivity index (χ1n) is 2.93. The number of hydrogen-bond donors (Lipinski definition) is 2. The Morgan fingerprint density at radius 3 is 3.00 bits per heavy atom. The van der Waals surface area contributed by atoms with Crippen molar-refractivity contribution in [2.75, 3.05) is 11.5 Å². The maximum absolute atomic E-state index is 10.3. The lowest BCUT2D eigenvalue weighted by Crippen LogP contribution is -2.38. The predicted octanol–water partition coefficient (Wildman–Crippen LogP) is 0.160. The third-order valence-electron chi connectivity index (χ3n) is 1.28. The van der Waals surface area contributed by atoms with Gasteiger partial charge in [-0.25, -0.2) is 4.79 Å². The molecule has 1 fully saturated rings. The first-order valence-corrected chi connectivity index (χ1v) is 4.08. The van der Waals surface area contributed by atoms with E-state index in [1.165, 1.54) is 0 Å². The zero-order valence-corrected chi connectivity index (χ0v) is 5.91. The molecule has 1 rings (SSSR count). The Bertz CT molecular complexity index is 112. The van der Waals surface area contributed by atoms with E-state index in [1.54, 1.807) is 0 Å². The van der Waals surface area contributed by atoms with Crippen molar-refractivity contribution < 1.29 is 4.79 Å². The van der Waals surface area contributed by atoms with Crippen molar-refractivity contribution in [3.05, 3.63) is 0 Å². The minimum absolute atomic E-state index is 0.326. The van der Waals surface area contributed by atoms with Crippen molar-refractivity contribution in [2.24, 2.45) is 5.73 Å². The van der Waals surface area contributed by atoms with Crippen LogP contribution in [0.3, 0.4) is 0 Å². The van der Waals surface area contributed by atoms with Gasteiger partial charge in [-0.1, -0.05) is 0 Å². The van der Waals surface area contributed by atoms with Crippen LogP contribution in [0.1, 0.15) is 6.42 Å². The molecule has 2 amide bonds. The van der Waals surface area contributed by atoms with E-state index < -0.39 is 6.03 Å². The molecule has 52 valence electrons. The maximum Gasteiger partial charge on any atom is 0.312 e. The number of primary amides is 1. The first-order chi connectivity index (χ1) is 4.29. The van der Waals surface area contributed by atoms with Gasteiger partial charge in [0.2, 0.25) is 0 Å². The Hall–Kier alpha value is -0.380. The number of nitrogens with two attached hydrogens (primary N) is 1. The normalized spacial score (nSPS) is 26.0. The monoisotopic (exact) mass is 146 g/mol. The van der Waals surface area contributed by atoms with Crippen LogP contribution in [0.4, 0.5) is 4.79 Å². The van der Waals surface area contributed by atoms with Crippen LogP contribution in [0, 0.1) is 0 Å². The highest BCUT2D eigenvalue weighted by Gasteiger charge is 2.15. The molecule has 0 radical (unpaired) electrons. The van der Waals surface area contributed by atoms with E-state index in [0.717, 1.165) is 17.9 Å². The Labute approximate surface area is 58.4 Å². The minimum atomic E-state index is -0.400. The number of thioether (sulfide) groups is 1. The second-order valence-corrected chi connectivity index (χ2v) is 3.22. The van der Waals surface area contributed by atoms with Crippen LogP contribution >= 0.6 is 11.8 Å². The highest BCUT2D eigenvalue weighted by molar-refractivity contribution is 7.99. The second kappa shape index (κ2) is 2.96. The van der Waals surface area contributed by atoms with E-state index >= 15 is 0 Å². The Morgan fingerprint density at radius 1 is 1.78 bits per heavy atom. The summed E-state index contributed by atoms with van der Waals surface area (Å²) in [5.41, 5.74) is 4.91. The quantitative estimate of drug-likeness (QED) is 0.553. The van der Waals surface area contributed by atoms with Crippen molar-refractivity contribution in [1.82, 2.24) is 5.32 Å². The molecule has 1 aliphatic rings. The lowest BCUT2D eigenvalue weighted by Gasteiger charge is -2.06. The molecular weight excluding hydrogens is 136 g/mol. The molecule has 4 heteroatoms. The highest BCUT2D eigenvalue weighted by atomic mass is 32.2. The molecule has 9 heavy (non-hydrogen) atoms. The number of rotatable bonds is 1. The van der Waals surface area contributed by atoms with Gasteiger partial charge in [0.05, 0.1) is 0 Å².